The molecule has 1 fully saturated rings. The second-order valence-electron chi connectivity index (χ2n) is 7.54. The highest BCUT2D eigenvalue weighted by Gasteiger charge is 2.21. The third-order valence-corrected chi connectivity index (χ3v) is 5.26. The summed E-state index contributed by atoms with van der Waals surface area (Å²) in [5, 5.41) is 3.68. The number of H-pyrrole nitrogens is 1. The van der Waals surface area contributed by atoms with Crippen LogP contribution in [-0.2, 0) is 13.0 Å². The van der Waals surface area contributed by atoms with Gasteiger partial charge in [0.25, 0.3) is 0 Å². The fourth-order valence-electron chi connectivity index (χ4n) is 3.88. The average Bonchev–Trinajstić information content (AvgIpc) is 3.14. The number of nitrogens with one attached hydrogen (secondary N) is 2. The van der Waals surface area contributed by atoms with E-state index in [-0.39, 0.29) is 0 Å². The number of benzene rings is 1. The van der Waals surface area contributed by atoms with E-state index in [2.05, 4.69) is 39.2 Å². The Balaban J connectivity index is 1.32. The average molecular weight is 370 g/mol. The molecule has 2 aliphatic heterocycles. The van der Waals surface area contributed by atoms with Crippen LogP contribution in [0.4, 0.5) is 5.69 Å². The van der Waals surface area contributed by atoms with Crippen molar-refractivity contribution in [2.45, 2.75) is 51.6 Å². The Labute approximate surface area is 161 Å². The number of hydrogen-bond donors (Lipinski definition) is 2. The third-order valence-electron chi connectivity index (χ3n) is 5.26. The molecule has 6 heteroatoms. The number of unbranched alkanes of at least 4 members (excludes halogenated alkanes) is 1. The fourth-order valence-corrected chi connectivity index (χ4v) is 3.88. The topological polar surface area (TPSA) is 62.4 Å². The van der Waals surface area contributed by atoms with Crippen LogP contribution in [0.25, 0.3) is 0 Å². The minimum absolute atomic E-state index is 0.448. The molecule has 2 aliphatic rings. The van der Waals surface area contributed by atoms with Crippen LogP contribution in [0, 0.1) is 0 Å². The van der Waals surface area contributed by atoms with Gasteiger partial charge < -0.3 is 19.8 Å². The van der Waals surface area contributed by atoms with Gasteiger partial charge in [-0.2, -0.15) is 0 Å². The van der Waals surface area contributed by atoms with Crippen LogP contribution < -0.4 is 14.8 Å². The van der Waals surface area contributed by atoms with Crippen molar-refractivity contribution in [2.75, 3.05) is 31.6 Å². The molecule has 1 aromatic carbocycles. The Kier molecular flexibility index (Phi) is 5.82. The lowest BCUT2D eigenvalue weighted by atomic mass is 10.0. The number of rotatable bonds is 7. The molecule has 146 valence electrons. The number of hydrogen-bond acceptors (Lipinski definition) is 5. The molecular formula is C21H30N4O2. The summed E-state index contributed by atoms with van der Waals surface area (Å²) in [5.41, 5.74) is 2.33. The molecule has 1 aromatic heterocycles. The second-order valence-corrected chi connectivity index (χ2v) is 7.54. The Morgan fingerprint density at radius 3 is 3.04 bits per heavy atom. The fraction of sp³-hybridized carbons (Fsp3) is 0.571. The van der Waals surface area contributed by atoms with Crippen LogP contribution in [-0.4, -0.2) is 47.2 Å². The Morgan fingerprint density at radius 2 is 2.15 bits per heavy atom. The van der Waals surface area contributed by atoms with Crippen molar-refractivity contribution in [3.63, 3.8) is 0 Å². The van der Waals surface area contributed by atoms with Crippen LogP contribution in [0.1, 0.15) is 44.1 Å². The maximum atomic E-state index is 5.70. The van der Waals surface area contributed by atoms with Gasteiger partial charge in [0.15, 0.2) is 11.5 Å². The first kappa shape index (κ1) is 18.2. The van der Waals surface area contributed by atoms with Crippen molar-refractivity contribution >= 4 is 5.69 Å². The molecule has 6 nitrogen and oxygen atoms in total. The zero-order valence-corrected chi connectivity index (χ0v) is 16.2. The van der Waals surface area contributed by atoms with Crippen molar-refractivity contribution in [1.82, 2.24) is 14.9 Å². The summed E-state index contributed by atoms with van der Waals surface area (Å²) in [7, 11) is 0. The van der Waals surface area contributed by atoms with Gasteiger partial charge in [0.05, 0.1) is 0 Å². The highest BCUT2D eigenvalue weighted by atomic mass is 16.6. The number of ether oxygens (including phenoxy) is 2. The number of likely N-dealkylation sites (tertiary alicyclic amines) is 1. The van der Waals surface area contributed by atoms with E-state index >= 15 is 0 Å². The monoisotopic (exact) mass is 370 g/mol. The van der Waals surface area contributed by atoms with E-state index in [0.717, 1.165) is 49.1 Å². The number of anilines is 1. The molecule has 3 heterocycles. The van der Waals surface area contributed by atoms with Gasteiger partial charge >= 0.3 is 0 Å². The molecular weight excluding hydrogens is 340 g/mol. The number of aryl methyl sites for hydroxylation is 1. The Hall–Kier alpha value is -2.21. The summed E-state index contributed by atoms with van der Waals surface area (Å²) >= 11 is 0. The first-order chi connectivity index (χ1) is 13.3. The predicted octanol–water partition coefficient (Wildman–Crippen LogP) is 3.60. The molecule has 4 rings (SSSR count). The van der Waals surface area contributed by atoms with E-state index in [9.17, 15) is 0 Å². The Morgan fingerprint density at radius 1 is 1.26 bits per heavy atom. The summed E-state index contributed by atoms with van der Waals surface area (Å²) in [6, 6.07) is 6.59. The molecule has 2 aromatic rings. The summed E-state index contributed by atoms with van der Waals surface area (Å²) in [6.45, 7) is 6.59. The van der Waals surface area contributed by atoms with E-state index < -0.39 is 0 Å². The third kappa shape index (κ3) is 4.75. The van der Waals surface area contributed by atoms with Gasteiger partial charge in [0.2, 0.25) is 0 Å². The zero-order chi connectivity index (χ0) is 18.5. The lowest BCUT2D eigenvalue weighted by molar-refractivity contribution is 0.171. The number of aromatic nitrogens is 2. The van der Waals surface area contributed by atoms with Crippen molar-refractivity contribution in [1.29, 1.82) is 0 Å². The van der Waals surface area contributed by atoms with Gasteiger partial charge in [-0.3, -0.25) is 4.90 Å². The van der Waals surface area contributed by atoms with Crippen LogP contribution in [0.15, 0.2) is 24.4 Å². The smallest absolute Gasteiger partial charge is 0.163 e. The number of imidazole rings is 1. The van der Waals surface area contributed by atoms with Gasteiger partial charge in [0, 0.05) is 49.2 Å². The molecule has 0 aliphatic carbocycles. The minimum Gasteiger partial charge on any atom is -0.486 e. The normalized spacial score (nSPS) is 19.8. The lowest BCUT2D eigenvalue weighted by Gasteiger charge is -2.33. The molecule has 0 unspecified atom stereocenters. The van der Waals surface area contributed by atoms with E-state index in [1.807, 2.05) is 12.3 Å². The van der Waals surface area contributed by atoms with E-state index in [1.54, 1.807) is 0 Å². The number of piperidine rings is 1. The maximum absolute atomic E-state index is 5.70. The van der Waals surface area contributed by atoms with Crippen molar-refractivity contribution in [3.8, 4) is 11.5 Å². The SMILES string of the molecule is CCCCc1ncc(CN2CCC[C@@H](Nc3ccc4c(c3)OCCO4)C2)[nH]1. The van der Waals surface area contributed by atoms with E-state index in [1.165, 1.54) is 31.4 Å². The lowest BCUT2D eigenvalue weighted by Crippen LogP contribution is -2.41. The summed E-state index contributed by atoms with van der Waals surface area (Å²) in [4.78, 5) is 10.5. The molecule has 1 atom stereocenters. The number of fused-ring (bicyclic) bond motifs is 1. The maximum Gasteiger partial charge on any atom is 0.163 e. The standard InChI is InChI=1S/C21H30N4O2/c1-2-3-6-21-22-13-18(24-21)15-25-9-4-5-17(14-25)23-16-7-8-19-20(12-16)27-11-10-26-19/h7-8,12-13,17,23H,2-6,9-11,14-15H2,1H3,(H,22,24)/t17-/m1/s1. The second kappa shape index (κ2) is 8.65. The van der Waals surface area contributed by atoms with Gasteiger partial charge in [-0.05, 0) is 37.9 Å². The van der Waals surface area contributed by atoms with Gasteiger partial charge in [-0.1, -0.05) is 13.3 Å². The van der Waals surface area contributed by atoms with Crippen LogP contribution in [0.3, 0.4) is 0 Å². The molecule has 1 saturated heterocycles. The zero-order valence-electron chi connectivity index (χ0n) is 16.2. The first-order valence-corrected chi connectivity index (χ1v) is 10.2. The van der Waals surface area contributed by atoms with Gasteiger partial charge in [-0.25, -0.2) is 4.98 Å². The highest BCUT2D eigenvalue weighted by molar-refractivity contribution is 5.55. The van der Waals surface area contributed by atoms with Gasteiger partial charge in [0.1, 0.15) is 19.0 Å². The molecule has 0 saturated carbocycles. The summed E-state index contributed by atoms with van der Waals surface area (Å²) in [6.07, 6.45) is 7.84. The highest BCUT2D eigenvalue weighted by Crippen LogP contribution is 2.33. The molecule has 0 bridgehead atoms. The van der Waals surface area contributed by atoms with E-state index in [0.29, 0.717) is 19.3 Å². The quantitative estimate of drug-likeness (QED) is 0.780. The van der Waals surface area contributed by atoms with Crippen molar-refractivity contribution in [2.24, 2.45) is 0 Å². The molecule has 0 radical (unpaired) electrons. The molecule has 0 amide bonds. The van der Waals surface area contributed by atoms with Gasteiger partial charge in [-0.15, -0.1) is 0 Å². The summed E-state index contributed by atoms with van der Waals surface area (Å²) in [5.74, 6) is 2.81. The van der Waals surface area contributed by atoms with Crippen LogP contribution >= 0.6 is 0 Å². The van der Waals surface area contributed by atoms with Crippen LogP contribution in [0.5, 0.6) is 11.5 Å². The van der Waals surface area contributed by atoms with Crippen molar-refractivity contribution in [3.05, 3.63) is 35.9 Å². The molecule has 0 spiro atoms. The Bertz CT molecular complexity index is 746. The summed E-state index contributed by atoms with van der Waals surface area (Å²) < 4.78 is 11.3. The predicted molar refractivity (Wildman–Crippen MR) is 107 cm³/mol. The van der Waals surface area contributed by atoms with Crippen LogP contribution in [0.2, 0.25) is 0 Å². The van der Waals surface area contributed by atoms with Crippen molar-refractivity contribution < 1.29 is 9.47 Å². The van der Waals surface area contributed by atoms with E-state index in [4.69, 9.17) is 9.47 Å². The first-order valence-electron chi connectivity index (χ1n) is 10.2. The number of nitrogens with zero attached hydrogens (tertiary/aromatic N) is 2. The molecule has 2 N–H and O–H groups in total. The molecule has 27 heavy (non-hydrogen) atoms. The largest absolute Gasteiger partial charge is 0.486 e. The minimum atomic E-state index is 0.448. The number of aromatic amines is 1.